The van der Waals surface area contributed by atoms with Gasteiger partial charge in [-0.2, -0.15) is 4.98 Å². The predicted octanol–water partition coefficient (Wildman–Crippen LogP) is 8.20. The lowest BCUT2D eigenvalue weighted by molar-refractivity contribution is 0.632. The summed E-state index contributed by atoms with van der Waals surface area (Å²) in [6, 6.07) is 12.8. The zero-order chi connectivity index (χ0) is 37.4. The van der Waals surface area contributed by atoms with Crippen LogP contribution in [0.3, 0.4) is 0 Å². The molecule has 0 saturated heterocycles. The van der Waals surface area contributed by atoms with Crippen molar-refractivity contribution in [1.29, 1.82) is 0 Å². The van der Waals surface area contributed by atoms with E-state index >= 15 is 0 Å². The van der Waals surface area contributed by atoms with Crippen LogP contribution in [0.15, 0.2) is 90.0 Å². The number of benzene rings is 2. The average Bonchev–Trinajstić information content (AvgIpc) is 3.94. The van der Waals surface area contributed by atoms with Gasteiger partial charge in [-0.15, -0.1) is 0 Å². The summed E-state index contributed by atoms with van der Waals surface area (Å²) in [6.45, 7) is 14.9. The van der Waals surface area contributed by atoms with Gasteiger partial charge in [0.1, 0.15) is 12.7 Å². The number of imidazole rings is 2. The first-order chi connectivity index (χ1) is 26.0. The maximum atomic E-state index is 5.21. The Hall–Kier alpha value is -6.50. The quantitative estimate of drug-likeness (QED) is 0.150. The first-order valence-electron chi connectivity index (χ1n) is 18.1. The van der Waals surface area contributed by atoms with Crippen molar-refractivity contribution in [2.45, 2.75) is 71.9 Å². The molecular weight excluding hydrogens is 675 g/mol. The van der Waals surface area contributed by atoms with Gasteiger partial charge in [0.25, 0.3) is 0 Å². The lowest BCUT2D eigenvalue weighted by Crippen LogP contribution is -2.27. The molecule has 8 aromatic rings. The van der Waals surface area contributed by atoms with Crippen LogP contribution in [0.4, 0.5) is 17.1 Å². The topological polar surface area (TPSA) is 140 Å². The zero-order valence-electron chi connectivity index (χ0n) is 31.4. The van der Waals surface area contributed by atoms with Crippen molar-refractivity contribution < 1.29 is 0 Å². The van der Waals surface area contributed by atoms with E-state index in [4.69, 9.17) is 19.9 Å². The molecule has 54 heavy (non-hydrogen) atoms. The summed E-state index contributed by atoms with van der Waals surface area (Å²) in [5, 5.41) is 9.42. The fourth-order valence-corrected chi connectivity index (χ4v) is 7.39. The van der Waals surface area contributed by atoms with Crippen molar-refractivity contribution in [3.8, 4) is 11.5 Å². The number of anilines is 2. The molecule has 1 unspecified atom stereocenters. The molecule has 1 aliphatic rings. The maximum Gasteiger partial charge on any atom is 0.240 e. The molecule has 13 heteroatoms. The fourth-order valence-electron chi connectivity index (χ4n) is 7.39. The third-order valence-electron chi connectivity index (χ3n) is 9.37. The highest BCUT2D eigenvalue weighted by Crippen LogP contribution is 2.45. The third kappa shape index (κ3) is 5.72. The van der Waals surface area contributed by atoms with Gasteiger partial charge in [0, 0.05) is 70.5 Å². The molecule has 5 aromatic heterocycles. The van der Waals surface area contributed by atoms with Gasteiger partial charge in [0.05, 0.1) is 51.6 Å². The SMILES string of the molecule is C/C=C\N=CCc1cc2c(c(NC(C)(C)C)c1)C(c1nc3ncnc4nc(-n5cnc6cc(-n7ccnc7)cc(NC(C)(C)C)c65)c5ccc1c5n34)C=N2. The van der Waals surface area contributed by atoms with Crippen LogP contribution in [-0.4, -0.2) is 66.9 Å². The molecule has 0 fully saturated rings. The minimum absolute atomic E-state index is 0.184. The smallest absolute Gasteiger partial charge is 0.240 e. The number of nitrogens with zero attached hydrogens (tertiary/aromatic N) is 11. The Kier molecular flexibility index (Phi) is 7.59. The average molecular weight is 716 g/mol. The number of allylic oxidation sites excluding steroid dienone is 1. The number of hydrogen-bond acceptors (Lipinski definition) is 10. The van der Waals surface area contributed by atoms with Crippen LogP contribution in [0.2, 0.25) is 0 Å². The second kappa shape index (κ2) is 12.3. The molecule has 6 heterocycles. The molecule has 9 rings (SSSR count). The molecule has 0 bridgehead atoms. The summed E-state index contributed by atoms with van der Waals surface area (Å²) in [6.07, 6.45) is 17.2. The standard InChI is InChI=1S/C41H41N13/c1-8-12-42-13-11-24-16-29-33(30(17-24)50-40(2,3)4)28(20-44-29)34-26-9-10-27-35(26)54-38(48-34)45-21-46-39(54)49-37(27)53-23-47-31-18-25(52-15-14-43-22-52)19-32(36(31)53)51-41(5,6)7/h8-10,12-23,28,50-51H,11H2,1-7H3/b12-8-,42-13?. The largest absolute Gasteiger partial charge is 0.380 e. The Morgan fingerprint density at radius 1 is 0.852 bits per heavy atom. The Morgan fingerprint density at radius 3 is 2.39 bits per heavy atom. The number of rotatable bonds is 8. The van der Waals surface area contributed by atoms with Gasteiger partial charge in [-0.3, -0.25) is 14.6 Å². The Balaban J connectivity index is 1.24. The Bertz CT molecular complexity index is 2790. The summed E-state index contributed by atoms with van der Waals surface area (Å²) < 4.78 is 6.00. The minimum atomic E-state index is -0.222. The van der Waals surface area contributed by atoms with E-state index in [9.17, 15) is 0 Å². The number of hydrogen-bond donors (Lipinski definition) is 2. The first kappa shape index (κ1) is 33.3. The molecule has 0 aliphatic carbocycles. The predicted molar refractivity (Wildman–Crippen MR) is 217 cm³/mol. The van der Waals surface area contributed by atoms with Crippen molar-refractivity contribution in [2.24, 2.45) is 9.98 Å². The van der Waals surface area contributed by atoms with E-state index in [1.54, 1.807) is 18.7 Å². The molecule has 0 radical (unpaired) electrons. The van der Waals surface area contributed by atoms with Gasteiger partial charge < -0.3 is 15.2 Å². The Labute approximate surface area is 312 Å². The molecule has 1 aliphatic heterocycles. The summed E-state index contributed by atoms with van der Waals surface area (Å²) in [5.41, 5.74) is 9.22. The molecular formula is C41H41N13. The second-order valence-corrected chi connectivity index (χ2v) is 15.8. The lowest BCUT2D eigenvalue weighted by Gasteiger charge is -2.26. The first-order valence-corrected chi connectivity index (χ1v) is 18.1. The van der Waals surface area contributed by atoms with Gasteiger partial charge >= 0.3 is 0 Å². The molecule has 270 valence electrons. The van der Waals surface area contributed by atoms with E-state index < -0.39 is 0 Å². The summed E-state index contributed by atoms with van der Waals surface area (Å²) in [4.78, 5) is 38.2. The van der Waals surface area contributed by atoms with Crippen LogP contribution in [0, 0.1) is 0 Å². The van der Waals surface area contributed by atoms with Gasteiger partial charge in [0.2, 0.25) is 11.6 Å². The Morgan fingerprint density at radius 2 is 1.63 bits per heavy atom. The fraction of sp³-hybridized carbons (Fsp3) is 0.268. The van der Waals surface area contributed by atoms with Crippen LogP contribution in [0.25, 0.3) is 50.4 Å². The van der Waals surface area contributed by atoms with Crippen molar-refractivity contribution >= 4 is 68.4 Å². The highest BCUT2D eigenvalue weighted by atomic mass is 15.2. The van der Waals surface area contributed by atoms with Crippen molar-refractivity contribution in [1.82, 2.24) is 43.4 Å². The number of aromatic nitrogens is 9. The monoisotopic (exact) mass is 715 g/mol. The van der Waals surface area contributed by atoms with Crippen molar-refractivity contribution in [2.75, 3.05) is 10.6 Å². The normalized spacial score (nSPS) is 15.0. The van der Waals surface area contributed by atoms with Gasteiger partial charge in [-0.1, -0.05) is 12.1 Å². The number of nitrogens with one attached hydrogen (secondary N) is 2. The van der Waals surface area contributed by atoms with Crippen LogP contribution in [0.5, 0.6) is 0 Å². The lowest BCUT2D eigenvalue weighted by atomic mass is 9.91. The molecule has 0 amide bonds. The van der Waals surface area contributed by atoms with Gasteiger partial charge in [-0.25, -0.2) is 29.3 Å². The van der Waals surface area contributed by atoms with Crippen LogP contribution in [0.1, 0.15) is 71.2 Å². The van der Waals surface area contributed by atoms with E-state index in [0.717, 1.165) is 72.7 Å². The van der Waals surface area contributed by atoms with Crippen molar-refractivity contribution in [3.05, 3.63) is 96.9 Å². The van der Waals surface area contributed by atoms with Crippen molar-refractivity contribution in [3.63, 3.8) is 0 Å². The number of aliphatic imine (C=N–C) groups is 2. The summed E-state index contributed by atoms with van der Waals surface area (Å²) in [5.74, 6) is 1.53. The third-order valence-corrected chi connectivity index (χ3v) is 9.37. The highest BCUT2D eigenvalue weighted by molar-refractivity contribution is 6.07. The van der Waals surface area contributed by atoms with E-state index in [0.29, 0.717) is 18.0 Å². The van der Waals surface area contributed by atoms with Crippen LogP contribution in [-0.2, 0) is 6.42 Å². The molecule has 2 N–H and O–H groups in total. The van der Waals surface area contributed by atoms with Crippen LogP contribution < -0.4 is 10.6 Å². The molecule has 0 spiro atoms. The highest BCUT2D eigenvalue weighted by Gasteiger charge is 2.31. The molecule has 1 atom stereocenters. The number of fused-ring (bicyclic) bond motifs is 2. The molecule has 13 nitrogen and oxygen atoms in total. The maximum absolute atomic E-state index is 5.21. The van der Waals surface area contributed by atoms with E-state index in [1.807, 2.05) is 46.9 Å². The minimum Gasteiger partial charge on any atom is -0.380 e. The zero-order valence-corrected chi connectivity index (χ0v) is 31.4. The molecule has 3 aromatic carbocycles. The van der Waals surface area contributed by atoms with Crippen LogP contribution >= 0.6 is 0 Å². The van der Waals surface area contributed by atoms with E-state index in [2.05, 4.69) is 113 Å². The molecule has 0 saturated carbocycles. The van der Waals surface area contributed by atoms with E-state index in [-0.39, 0.29) is 17.0 Å². The summed E-state index contributed by atoms with van der Waals surface area (Å²) >= 11 is 0. The summed E-state index contributed by atoms with van der Waals surface area (Å²) in [7, 11) is 0. The van der Waals surface area contributed by atoms with Gasteiger partial charge in [-0.05, 0) is 84.4 Å². The van der Waals surface area contributed by atoms with Gasteiger partial charge in [0.15, 0.2) is 5.82 Å². The van der Waals surface area contributed by atoms with E-state index in [1.165, 1.54) is 6.33 Å². The second-order valence-electron chi connectivity index (χ2n) is 15.8.